The van der Waals surface area contributed by atoms with Crippen LogP contribution >= 0.6 is 0 Å². The van der Waals surface area contributed by atoms with E-state index in [0.29, 0.717) is 6.42 Å². The SMILES string of the molecule is CCC1CCC(C2CCC(C3CCC(C=CCCF)CC3)CC2)CC1. The third-order valence-corrected chi connectivity index (χ3v) is 8.12. The molecule has 0 bridgehead atoms. The van der Waals surface area contributed by atoms with Crippen LogP contribution in [-0.4, -0.2) is 6.67 Å². The Hall–Kier alpha value is -0.330. The summed E-state index contributed by atoms with van der Waals surface area (Å²) in [6.45, 7) is 2.18. The summed E-state index contributed by atoms with van der Waals surface area (Å²) in [5, 5.41) is 0. The van der Waals surface area contributed by atoms with Gasteiger partial charge in [0, 0.05) is 0 Å². The van der Waals surface area contributed by atoms with Gasteiger partial charge in [0.25, 0.3) is 0 Å². The van der Waals surface area contributed by atoms with Crippen molar-refractivity contribution in [1.29, 1.82) is 0 Å². The third kappa shape index (κ3) is 5.57. The van der Waals surface area contributed by atoms with Gasteiger partial charge in [-0.25, -0.2) is 0 Å². The molecule has 3 fully saturated rings. The van der Waals surface area contributed by atoms with Gasteiger partial charge in [0.1, 0.15) is 0 Å². The Morgan fingerprint density at radius 1 is 0.680 bits per heavy atom. The Labute approximate surface area is 156 Å². The van der Waals surface area contributed by atoms with Crippen LogP contribution in [0.25, 0.3) is 0 Å². The summed E-state index contributed by atoms with van der Waals surface area (Å²) in [6.07, 6.45) is 24.2. The first kappa shape index (κ1) is 19.4. The third-order valence-electron chi connectivity index (χ3n) is 8.12. The standard InChI is InChI=1S/C24H41F/c1-2-19-6-10-21(11-7-19)23-14-16-24(17-15-23)22-12-8-20(9-13-22)5-3-4-18-25/h3,5,19-24H,2,4,6-18H2,1H3. The zero-order valence-electron chi connectivity index (χ0n) is 16.6. The molecule has 0 amide bonds. The maximum Gasteiger partial charge on any atom is 0.0928 e. The molecule has 1 heteroatoms. The number of hydrogen-bond donors (Lipinski definition) is 0. The van der Waals surface area contributed by atoms with Gasteiger partial charge in [-0.2, -0.15) is 0 Å². The van der Waals surface area contributed by atoms with Gasteiger partial charge in [0.05, 0.1) is 6.67 Å². The number of rotatable bonds is 6. The Morgan fingerprint density at radius 3 is 1.56 bits per heavy atom. The average Bonchev–Trinajstić information content (AvgIpc) is 2.69. The van der Waals surface area contributed by atoms with Gasteiger partial charge in [-0.15, -0.1) is 0 Å². The molecule has 3 rings (SSSR count). The molecule has 0 aromatic rings. The van der Waals surface area contributed by atoms with Crippen molar-refractivity contribution in [2.24, 2.45) is 35.5 Å². The average molecular weight is 349 g/mol. The van der Waals surface area contributed by atoms with E-state index in [2.05, 4.69) is 19.1 Å². The van der Waals surface area contributed by atoms with E-state index in [-0.39, 0.29) is 6.67 Å². The fourth-order valence-corrected chi connectivity index (χ4v) is 6.32. The summed E-state index contributed by atoms with van der Waals surface area (Å²) in [5.74, 6) is 5.95. The van der Waals surface area contributed by atoms with Gasteiger partial charge < -0.3 is 0 Å². The Balaban J connectivity index is 1.36. The van der Waals surface area contributed by atoms with Crippen LogP contribution in [0.1, 0.15) is 96.8 Å². The highest BCUT2D eigenvalue weighted by Crippen LogP contribution is 2.46. The molecule has 0 nitrogen and oxygen atoms in total. The maximum absolute atomic E-state index is 12.2. The van der Waals surface area contributed by atoms with Gasteiger partial charge in [-0.05, 0) is 106 Å². The molecule has 0 aromatic heterocycles. The maximum atomic E-state index is 12.2. The quantitative estimate of drug-likeness (QED) is 0.431. The van der Waals surface area contributed by atoms with Crippen molar-refractivity contribution in [3.63, 3.8) is 0 Å². The van der Waals surface area contributed by atoms with Gasteiger partial charge in [-0.1, -0.05) is 38.3 Å². The van der Waals surface area contributed by atoms with Crippen LogP contribution in [0, 0.1) is 35.5 Å². The molecule has 3 aliphatic carbocycles. The second kappa shape index (κ2) is 10.1. The van der Waals surface area contributed by atoms with Crippen LogP contribution in [0.2, 0.25) is 0 Å². The molecule has 0 atom stereocenters. The predicted octanol–water partition coefficient (Wildman–Crippen LogP) is 7.73. The van der Waals surface area contributed by atoms with E-state index in [1.807, 2.05) is 0 Å². The molecule has 0 spiro atoms. The molecule has 0 unspecified atom stereocenters. The van der Waals surface area contributed by atoms with E-state index in [9.17, 15) is 4.39 Å². The Morgan fingerprint density at radius 2 is 1.12 bits per heavy atom. The molecule has 0 aliphatic heterocycles. The highest BCUT2D eigenvalue weighted by molar-refractivity contribution is 4.93. The molecule has 3 saturated carbocycles. The first-order valence-corrected chi connectivity index (χ1v) is 11.5. The predicted molar refractivity (Wildman–Crippen MR) is 106 cm³/mol. The zero-order valence-corrected chi connectivity index (χ0v) is 16.6. The van der Waals surface area contributed by atoms with Crippen LogP contribution in [0.15, 0.2) is 12.2 Å². The summed E-state index contributed by atoms with van der Waals surface area (Å²) >= 11 is 0. The van der Waals surface area contributed by atoms with Crippen molar-refractivity contribution < 1.29 is 4.39 Å². The van der Waals surface area contributed by atoms with Gasteiger partial charge in [0.2, 0.25) is 0 Å². The lowest BCUT2D eigenvalue weighted by Crippen LogP contribution is -2.29. The van der Waals surface area contributed by atoms with Crippen LogP contribution in [0.3, 0.4) is 0 Å². The van der Waals surface area contributed by atoms with Crippen molar-refractivity contribution >= 4 is 0 Å². The highest BCUT2D eigenvalue weighted by atomic mass is 19.1. The van der Waals surface area contributed by atoms with E-state index < -0.39 is 0 Å². The summed E-state index contributed by atoms with van der Waals surface area (Å²) < 4.78 is 12.2. The van der Waals surface area contributed by atoms with E-state index >= 15 is 0 Å². The minimum Gasteiger partial charge on any atom is -0.251 e. The number of hydrogen-bond acceptors (Lipinski definition) is 0. The van der Waals surface area contributed by atoms with Crippen LogP contribution in [-0.2, 0) is 0 Å². The fraction of sp³-hybridized carbons (Fsp3) is 0.917. The Bertz CT molecular complexity index is 377. The van der Waals surface area contributed by atoms with Gasteiger partial charge in [0.15, 0.2) is 0 Å². The lowest BCUT2D eigenvalue weighted by molar-refractivity contribution is 0.108. The molecule has 0 radical (unpaired) electrons. The summed E-state index contributed by atoms with van der Waals surface area (Å²) in [4.78, 5) is 0. The molecule has 0 N–H and O–H groups in total. The van der Waals surface area contributed by atoms with Gasteiger partial charge >= 0.3 is 0 Å². The van der Waals surface area contributed by atoms with Crippen LogP contribution in [0.4, 0.5) is 4.39 Å². The normalized spacial score (nSPS) is 40.4. The largest absolute Gasteiger partial charge is 0.251 e. The van der Waals surface area contributed by atoms with Crippen LogP contribution < -0.4 is 0 Å². The molecule has 144 valence electrons. The smallest absolute Gasteiger partial charge is 0.0928 e. The number of alkyl halides is 1. The van der Waals surface area contributed by atoms with E-state index in [0.717, 1.165) is 35.5 Å². The van der Waals surface area contributed by atoms with Crippen LogP contribution in [0.5, 0.6) is 0 Å². The molecule has 0 heterocycles. The first-order valence-electron chi connectivity index (χ1n) is 11.5. The van der Waals surface area contributed by atoms with Crippen molar-refractivity contribution in [1.82, 2.24) is 0 Å². The van der Waals surface area contributed by atoms with Crippen molar-refractivity contribution in [3.8, 4) is 0 Å². The van der Waals surface area contributed by atoms with E-state index in [1.165, 1.54) is 83.5 Å². The lowest BCUT2D eigenvalue weighted by atomic mass is 9.65. The second-order valence-corrected chi connectivity index (χ2v) is 9.44. The Kier molecular flexibility index (Phi) is 7.87. The van der Waals surface area contributed by atoms with E-state index in [1.54, 1.807) is 0 Å². The molecular weight excluding hydrogens is 307 g/mol. The molecular formula is C24H41F. The number of allylic oxidation sites excluding steroid dienone is 2. The molecule has 0 saturated heterocycles. The summed E-state index contributed by atoms with van der Waals surface area (Å²) in [6, 6.07) is 0. The fourth-order valence-electron chi connectivity index (χ4n) is 6.32. The molecule has 0 aromatic carbocycles. The van der Waals surface area contributed by atoms with E-state index in [4.69, 9.17) is 0 Å². The van der Waals surface area contributed by atoms with Crippen molar-refractivity contribution in [3.05, 3.63) is 12.2 Å². The summed E-state index contributed by atoms with van der Waals surface area (Å²) in [5.41, 5.74) is 0. The lowest BCUT2D eigenvalue weighted by Gasteiger charge is -2.41. The minimum absolute atomic E-state index is 0.199. The minimum atomic E-state index is -0.199. The molecule has 25 heavy (non-hydrogen) atoms. The number of halogens is 1. The second-order valence-electron chi connectivity index (χ2n) is 9.44. The zero-order chi connectivity index (χ0) is 17.5. The molecule has 3 aliphatic rings. The van der Waals surface area contributed by atoms with Crippen molar-refractivity contribution in [2.45, 2.75) is 96.8 Å². The van der Waals surface area contributed by atoms with Gasteiger partial charge in [-0.3, -0.25) is 4.39 Å². The monoisotopic (exact) mass is 348 g/mol. The summed E-state index contributed by atoms with van der Waals surface area (Å²) in [7, 11) is 0. The highest BCUT2D eigenvalue weighted by Gasteiger charge is 2.34. The topological polar surface area (TPSA) is 0 Å². The first-order chi connectivity index (χ1) is 12.3. The van der Waals surface area contributed by atoms with Crippen molar-refractivity contribution in [2.75, 3.05) is 6.67 Å².